The maximum Gasteiger partial charge on any atom is 0.0762 e. The van der Waals surface area contributed by atoms with Gasteiger partial charge in [0.05, 0.1) is 17.9 Å². The second-order valence-electron chi connectivity index (χ2n) is 4.95. The smallest absolute Gasteiger partial charge is 0.0762 e. The number of nitrogens with zero attached hydrogens (tertiary/aromatic N) is 5. The summed E-state index contributed by atoms with van der Waals surface area (Å²) in [6, 6.07) is 2.62. The molecule has 0 amide bonds. The minimum atomic E-state index is 0.524. The third-order valence-electron chi connectivity index (χ3n) is 3.50. The van der Waals surface area contributed by atoms with Crippen molar-refractivity contribution in [2.45, 2.75) is 52.2 Å². The molecule has 0 aliphatic rings. The Hall–Kier alpha value is -1.69. The zero-order valence-electron chi connectivity index (χ0n) is 12.4. The number of hydrogen-bond donors (Lipinski definition) is 1. The van der Waals surface area contributed by atoms with E-state index in [4.69, 9.17) is 0 Å². The van der Waals surface area contributed by atoms with Gasteiger partial charge in [-0.1, -0.05) is 19.1 Å². The van der Waals surface area contributed by atoms with Crippen molar-refractivity contribution in [3.63, 3.8) is 0 Å². The lowest BCUT2D eigenvalue weighted by Gasteiger charge is -2.12. The number of aromatic nitrogens is 5. The fourth-order valence-corrected chi connectivity index (χ4v) is 2.27. The lowest BCUT2D eigenvalue weighted by molar-refractivity contribution is 0.423. The summed E-state index contributed by atoms with van der Waals surface area (Å²) in [6.45, 7) is 7.09. The first kappa shape index (κ1) is 14.7. The summed E-state index contributed by atoms with van der Waals surface area (Å²) >= 11 is 0. The molecule has 6 heteroatoms. The Bertz CT molecular complexity index is 472. The molecule has 0 atom stereocenters. The molecule has 6 nitrogen and oxygen atoms in total. The Kier molecular flexibility index (Phi) is 5.73. The van der Waals surface area contributed by atoms with Gasteiger partial charge in [0.25, 0.3) is 0 Å². The molecule has 0 unspecified atom stereocenters. The van der Waals surface area contributed by atoms with E-state index in [0.717, 1.165) is 44.6 Å². The van der Waals surface area contributed by atoms with Gasteiger partial charge in [0.1, 0.15) is 0 Å². The number of aryl methyl sites for hydroxylation is 1. The van der Waals surface area contributed by atoms with E-state index in [1.165, 1.54) is 0 Å². The highest BCUT2D eigenvalue weighted by atomic mass is 15.4. The molecular weight excluding hydrogens is 252 g/mol. The zero-order chi connectivity index (χ0) is 14.2. The second-order valence-corrected chi connectivity index (χ2v) is 4.95. The van der Waals surface area contributed by atoms with Gasteiger partial charge in [0.2, 0.25) is 0 Å². The van der Waals surface area contributed by atoms with Crippen molar-refractivity contribution in [2.24, 2.45) is 0 Å². The van der Waals surface area contributed by atoms with Gasteiger partial charge in [-0.2, -0.15) is 5.10 Å². The maximum absolute atomic E-state index is 4.63. The molecule has 2 aromatic rings. The van der Waals surface area contributed by atoms with Crippen molar-refractivity contribution in [3.05, 3.63) is 30.4 Å². The van der Waals surface area contributed by atoms with Crippen LogP contribution in [0.25, 0.3) is 0 Å². The minimum absolute atomic E-state index is 0.524. The van der Waals surface area contributed by atoms with Crippen LogP contribution in [0.4, 0.5) is 0 Å². The Balaban J connectivity index is 1.66. The second kappa shape index (κ2) is 7.79. The number of rotatable bonds is 9. The van der Waals surface area contributed by atoms with Gasteiger partial charge in [-0.25, -0.2) is 0 Å². The lowest BCUT2D eigenvalue weighted by Crippen LogP contribution is -2.17. The topological polar surface area (TPSA) is 60.6 Å². The number of hydrogen-bond acceptors (Lipinski definition) is 4. The molecule has 2 rings (SSSR count). The molecule has 0 aromatic carbocycles. The molecule has 0 bridgehead atoms. The highest BCUT2D eigenvalue weighted by Gasteiger charge is 2.07. The fourth-order valence-electron chi connectivity index (χ4n) is 2.27. The quantitative estimate of drug-likeness (QED) is 0.712. The maximum atomic E-state index is 4.63. The Morgan fingerprint density at radius 3 is 2.80 bits per heavy atom. The van der Waals surface area contributed by atoms with Crippen molar-refractivity contribution in [2.75, 3.05) is 6.54 Å². The molecule has 110 valence electrons. The van der Waals surface area contributed by atoms with E-state index in [1.54, 1.807) is 6.20 Å². The van der Waals surface area contributed by atoms with E-state index < -0.39 is 0 Å². The van der Waals surface area contributed by atoms with Crippen LogP contribution in [0, 0.1) is 0 Å². The standard InChI is InChI=1S/C14H24N6/c1-3-14(4-2)20-10-6-13(17-20)12-15-7-5-9-19-11-8-16-18-19/h6,8,10-11,14-15H,3-5,7,9,12H2,1-2H3. The molecule has 2 aromatic heterocycles. The van der Waals surface area contributed by atoms with Crippen LogP contribution in [-0.2, 0) is 13.1 Å². The Labute approximate surface area is 120 Å². The molecule has 0 aliphatic carbocycles. The Morgan fingerprint density at radius 1 is 1.25 bits per heavy atom. The van der Waals surface area contributed by atoms with Gasteiger partial charge in [-0.15, -0.1) is 5.10 Å². The third-order valence-corrected chi connectivity index (χ3v) is 3.50. The lowest BCUT2D eigenvalue weighted by atomic mass is 10.2. The molecule has 0 saturated heterocycles. The first-order chi connectivity index (χ1) is 9.83. The third kappa shape index (κ3) is 4.16. The van der Waals surface area contributed by atoms with E-state index in [0.29, 0.717) is 6.04 Å². The summed E-state index contributed by atoms with van der Waals surface area (Å²) < 4.78 is 3.94. The predicted molar refractivity (Wildman–Crippen MR) is 78.2 cm³/mol. The minimum Gasteiger partial charge on any atom is -0.311 e. The van der Waals surface area contributed by atoms with Crippen molar-refractivity contribution in [1.82, 2.24) is 30.1 Å². The summed E-state index contributed by atoms with van der Waals surface area (Å²) in [5.74, 6) is 0. The molecular formula is C14H24N6. The van der Waals surface area contributed by atoms with E-state index in [9.17, 15) is 0 Å². The molecule has 1 N–H and O–H groups in total. The van der Waals surface area contributed by atoms with Crippen LogP contribution in [0.3, 0.4) is 0 Å². The van der Waals surface area contributed by atoms with E-state index in [2.05, 4.69) is 51.5 Å². The van der Waals surface area contributed by atoms with Crippen LogP contribution < -0.4 is 5.32 Å². The van der Waals surface area contributed by atoms with Crippen LogP contribution >= 0.6 is 0 Å². The van der Waals surface area contributed by atoms with E-state index in [-0.39, 0.29) is 0 Å². The summed E-state index contributed by atoms with van der Waals surface area (Å²) in [7, 11) is 0. The van der Waals surface area contributed by atoms with Crippen LogP contribution in [0.1, 0.15) is 44.8 Å². The largest absolute Gasteiger partial charge is 0.311 e. The van der Waals surface area contributed by atoms with Gasteiger partial charge in [-0.05, 0) is 31.9 Å². The highest BCUT2D eigenvalue weighted by molar-refractivity contribution is 4.99. The normalized spacial score (nSPS) is 11.3. The summed E-state index contributed by atoms with van der Waals surface area (Å²) in [4.78, 5) is 0. The van der Waals surface area contributed by atoms with Crippen LogP contribution in [0.5, 0.6) is 0 Å². The molecule has 0 radical (unpaired) electrons. The van der Waals surface area contributed by atoms with Crippen molar-refractivity contribution >= 4 is 0 Å². The predicted octanol–water partition coefficient (Wildman–Crippen LogP) is 2.02. The van der Waals surface area contributed by atoms with Gasteiger partial charge in [0, 0.05) is 25.5 Å². The molecule has 0 spiro atoms. The van der Waals surface area contributed by atoms with Crippen LogP contribution in [-0.4, -0.2) is 31.3 Å². The van der Waals surface area contributed by atoms with Crippen molar-refractivity contribution < 1.29 is 0 Å². The average molecular weight is 276 g/mol. The molecule has 20 heavy (non-hydrogen) atoms. The molecule has 0 fully saturated rings. The SMILES string of the molecule is CCC(CC)n1ccc(CNCCCn2ccnn2)n1. The van der Waals surface area contributed by atoms with Gasteiger partial charge in [0.15, 0.2) is 0 Å². The summed E-state index contributed by atoms with van der Waals surface area (Å²) in [6.07, 6.45) is 8.97. The van der Waals surface area contributed by atoms with E-state index >= 15 is 0 Å². The van der Waals surface area contributed by atoms with Gasteiger partial charge in [-0.3, -0.25) is 9.36 Å². The Morgan fingerprint density at radius 2 is 2.10 bits per heavy atom. The van der Waals surface area contributed by atoms with Crippen molar-refractivity contribution in [3.8, 4) is 0 Å². The highest BCUT2D eigenvalue weighted by Crippen LogP contribution is 2.14. The van der Waals surface area contributed by atoms with Gasteiger partial charge >= 0.3 is 0 Å². The van der Waals surface area contributed by atoms with Crippen LogP contribution in [0.2, 0.25) is 0 Å². The summed E-state index contributed by atoms with van der Waals surface area (Å²) in [5, 5.41) is 15.8. The molecule has 0 aliphatic heterocycles. The zero-order valence-corrected chi connectivity index (χ0v) is 12.4. The monoisotopic (exact) mass is 276 g/mol. The number of nitrogens with one attached hydrogen (secondary N) is 1. The molecule has 2 heterocycles. The first-order valence-corrected chi connectivity index (χ1v) is 7.42. The van der Waals surface area contributed by atoms with Gasteiger partial charge < -0.3 is 5.32 Å². The molecule has 0 saturated carbocycles. The summed E-state index contributed by atoms with van der Waals surface area (Å²) in [5.41, 5.74) is 1.11. The fraction of sp³-hybridized carbons (Fsp3) is 0.643. The first-order valence-electron chi connectivity index (χ1n) is 7.42. The van der Waals surface area contributed by atoms with Crippen LogP contribution in [0.15, 0.2) is 24.7 Å². The average Bonchev–Trinajstić information content (AvgIpc) is 3.12. The van der Waals surface area contributed by atoms with E-state index in [1.807, 2.05) is 10.9 Å². The van der Waals surface area contributed by atoms with Crippen molar-refractivity contribution in [1.29, 1.82) is 0 Å².